The summed E-state index contributed by atoms with van der Waals surface area (Å²) in [4.78, 5) is 11.6. The Morgan fingerprint density at radius 2 is 1.89 bits per heavy atom. The summed E-state index contributed by atoms with van der Waals surface area (Å²) >= 11 is 0. The quantitative estimate of drug-likeness (QED) is 0.838. The Balaban J connectivity index is 2.36. The lowest BCUT2D eigenvalue weighted by molar-refractivity contribution is 0.101. The van der Waals surface area contributed by atoms with E-state index in [-0.39, 0.29) is 11.9 Å². The second-order valence-corrected chi connectivity index (χ2v) is 4.70. The third-order valence-electron chi connectivity index (χ3n) is 3.06. The Bertz CT molecular complexity index is 588. The largest absolute Gasteiger partial charge is 0.493 e. The lowest BCUT2D eigenvalue weighted by atomic mass is 10.0. The van der Waals surface area contributed by atoms with Crippen LogP contribution in [0, 0.1) is 0 Å². The number of hydrogen-bond acceptors (Lipinski definition) is 3. The van der Waals surface area contributed by atoms with Crippen LogP contribution in [-0.4, -0.2) is 23.6 Å². The van der Waals surface area contributed by atoms with Gasteiger partial charge in [0.05, 0.1) is 12.7 Å². The van der Waals surface area contributed by atoms with Crippen molar-refractivity contribution in [2.75, 3.05) is 6.61 Å². The second-order valence-electron chi connectivity index (χ2n) is 4.70. The molecule has 0 spiro atoms. The number of hydrogen-bond donors (Lipinski definition) is 1. The molecule has 19 heavy (non-hydrogen) atoms. The molecule has 3 heteroatoms. The molecule has 0 saturated carbocycles. The molecular formula is C16H18O3. The molecule has 0 saturated heterocycles. The molecule has 0 aromatic heterocycles. The van der Waals surface area contributed by atoms with Crippen molar-refractivity contribution in [2.45, 2.75) is 26.4 Å². The van der Waals surface area contributed by atoms with E-state index in [0.717, 1.165) is 16.5 Å². The SMILES string of the molecule is CC(=O)c1ccc(OCCC(C)O)c2ccccc12. The average Bonchev–Trinajstić information content (AvgIpc) is 2.38. The summed E-state index contributed by atoms with van der Waals surface area (Å²) in [5.41, 5.74) is 0.707. The Morgan fingerprint density at radius 3 is 2.53 bits per heavy atom. The highest BCUT2D eigenvalue weighted by molar-refractivity contribution is 6.08. The van der Waals surface area contributed by atoms with Crippen LogP contribution in [0.1, 0.15) is 30.6 Å². The molecule has 0 radical (unpaired) electrons. The van der Waals surface area contributed by atoms with Crippen molar-refractivity contribution < 1.29 is 14.6 Å². The first-order valence-electron chi connectivity index (χ1n) is 6.43. The Kier molecular flexibility index (Phi) is 4.17. The van der Waals surface area contributed by atoms with Gasteiger partial charge in [0.25, 0.3) is 0 Å². The van der Waals surface area contributed by atoms with Crippen LogP contribution in [-0.2, 0) is 0 Å². The standard InChI is InChI=1S/C16H18O3/c1-11(17)9-10-19-16-8-7-13(12(2)18)14-5-3-4-6-15(14)16/h3-8,11,17H,9-10H2,1-2H3. The maximum Gasteiger partial charge on any atom is 0.160 e. The Labute approximate surface area is 112 Å². The average molecular weight is 258 g/mol. The van der Waals surface area contributed by atoms with E-state index in [1.54, 1.807) is 19.9 Å². The van der Waals surface area contributed by atoms with Crippen LogP contribution in [0.3, 0.4) is 0 Å². The molecule has 0 amide bonds. The zero-order valence-corrected chi connectivity index (χ0v) is 11.2. The van der Waals surface area contributed by atoms with Gasteiger partial charge in [-0.15, -0.1) is 0 Å². The summed E-state index contributed by atoms with van der Waals surface area (Å²) in [7, 11) is 0. The molecule has 100 valence electrons. The van der Waals surface area contributed by atoms with Gasteiger partial charge < -0.3 is 9.84 Å². The number of carbonyl (C=O) groups excluding carboxylic acids is 1. The number of benzene rings is 2. The minimum absolute atomic E-state index is 0.0479. The molecular weight excluding hydrogens is 240 g/mol. The minimum Gasteiger partial charge on any atom is -0.493 e. The molecule has 0 bridgehead atoms. The Morgan fingerprint density at radius 1 is 1.21 bits per heavy atom. The third kappa shape index (κ3) is 3.12. The summed E-state index contributed by atoms with van der Waals surface area (Å²) in [5.74, 6) is 0.799. The van der Waals surface area contributed by atoms with E-state index in [1.807, 2.05) is 30.3 Å². The number of carbonyl (C=O) groups is 1. The summed E-state index contributed by atoms with van der Waals surface area (Å²) < 4.78 is 5.69. The number of Topliss-reactive ketones (excluding diaryl/α,β-unsaturated/α-hetero) is 1. The molecule has 1 unspecified atom stereocenters. The van der Waals surface area contributed by atoms with Gasteiger partial charge in [-0.2, -0.15) is 0 Å². The van der Waals surface area contributed by atoms with E-state index in [2.05, 4.69) is 0 Å². The van der Waals surface area contributed by atoms with E-state index < -0.39 is 0 Å². The van der Waals surface area contributed by atoms with E-state index in [9.17, 15) is 9.90 Å². The number of rotatable bonds is 5. The molecule has 0 aliphatic rings. The first-order valence-corrected chi connectivity index (χ1v) is 6.43. The third-order valence-corrected chi connectivity index (χ3v) is 3.06. The van der Waals surface area contributed by atoms with Crippen molar-refractivity contribution in [3.8, 4) is 5.75 Å². The highest BCUT2D eigenvalue weighted by atomic mass is 16.5. The topological polar surface area (TPSA) is 46.5 Å². The number of fused-ring (bicyclic) bond motifs is 1. The van der Waals surface area contributed by atoms with Gasteiger partial charge in [0.1, 0.15) is 5.75 Å². The van der Waals surface area contributed by atoms with E-state index >= 15 is 0 Å². The fourth-order valence-corrected chi connectivity index (χ4v) is 2.04. The Hall–Kier alpha value is -1.87. The number of aliphatic hydroxyl groups is 1. The minimum atomic E-state index is -0.372. The van der Waals surface area contributed by atoms with Crippen LogP contribution in [0.2, 0.25) is 0 Å². The molecule has 2 aromatic carbocycles. The van der Waals surface area contributed by atoms with Crippen molar-refractivity contribution in [2.24, 2.45) is 0 Å². The monoisotopic (exact) mass is 258 g/mol. The first kappa shape index (κ1) is 13.6. The van der Waals surface area contributed by atoms with Gasteiger partial charge >= 0.3 is 0 Å². The van der Waals surface area contributed by atoms with E-state index in [4.69, 9.17) is 4.74 Å². The van der Waals surface area contributed by atoms with Crippen LogP contribution in [0.25, 0.3) is 10.8 Å². The summed E-state index contributed by atoms with van der Waals surface area (Å²) in [6.45, 7) is 3.76. The summed E-state index contributed by atoms with van der Waals surface area (Å²) in [6, 6.07) is 11.3. The molecule has 3 nitrogen and oxygen atoms in total. The molecule has 1 atom stereocenters. The van der Waals surface area contributed by atoms with Crippen LogP contribution >= 0.6 is 0 Å². The number of ether oxygens (including phenoxy) is 1. The van der Waals surface area contributed by atoms with Gasteiger partial charge in [-0.25, -0.2) is 0 Å². The van der Waals surface area contributed by atoms with Gasteiger partial charge in [0.2, 0.25) is 0 Å². The van der Waals surface area contributed by atoms with Crippen molar-refractivity contribution in [1.29, 1.82) is 0 Å². The second kappa shape index (κ2) is 5.85. The number of aliphatic hydroxyl groups excluding tert-OH is 1. The lowest BCUT2D eigenvalue weighted by Gasteiger charge is -2.12. The van der Waals surface area contributed by atoms with Crippen molar-refractivity contribution in [3.63, 3.8) is 0 Å². The molecule has 0 fully saturated rings. The lowest BCUT2D eigenvalue weighted by Crippen LogP contribution is -2.08. The highest BCUT2D eigenvalue weighted by Gasteiger charge is 2.09. The first-order chi connectivity index (χ1) is 9.09. The molecule has 2 aromatic rings. The molecule has 0 aliphatic heterocycles. The fourth-order valence-electron chi connectivity index (χ4n) is 2.04. The van der Waals surface area contributed by atoms with Crippen LogP contribution in [0.15, 0.2) is 36.4 Å². The predicted octanol–water partition coefficient (Wildman–Crippen LogP) is 3.19. The van der Waals surface area contributed by atoms with Crippen molar-refractivity contribution in [1.82, 2.24) is 0 Å². The summed E-state index contributed by atoms with van der Waals surface area (Å²) in [5, 5.41) is 11.1. The predicted molar refractivity (Wildman–Crippen MR) is 75.7 cm³/mol. The zero-order valence-electron chi connectivity index (χ0n) is 11.2. The van der Waals surface area contributed by atoms with E-state index in [1.165, 1.54) is 0 Å². The van der Waals surface area contributed by atoms with Crippen LogP contribution in [0.4, 0.5) is 0 Å². The van der Waals surface area contributed by atoms with Gasteiger partial charge in [0, 0.05) is 17.4 Å². The van der Waals surface area contributed by atoms with Gasteiger partial charge in [-0.1, -0.05) is 24.3 Å². The molecule has 0 aliphatic carbocycles. The molecule has 2 rings (SSSR count). The van der Waals surface area contributed by atoms with Gasteiger partial charge in [-0.05, 0) is 31.4 Å². The smallest absolute Gasteiger partial charge is 0.160 e. The number of ketones is 1. The molecule has 1 N–H and O–H groups in total. The van der Waals surface area contributed by atoms with Crippen molar-refractivity contribution in [3.05, 3.63) is 42.0 Å². The molecule has 0 heterocycles. The highest BCUT2D eigenvalue weighted by Crippen LogP contribution is 2.29. The van der Waals surface area contributed by atoms with Gasteiger partial charge in [0.15, 0.2) is 5.78 Å². The maximum atomic E-state index is 11.6. The van der Waals surface area contributed by atoms with Crippen LogP contribution < -0.4 is 4.74 Å². The normalized spacial score (nSPS) is 12.4. The zero-order chi connectivity index (χ0) is 13.8. The fraction of sp³-hybridized carbons (Fsp3) is 0.312. The van der Waals surface area contributed by atoms with Crippen molar-refractivity contribution >= 4 is 16.6 Å². The van der Waals surface area contributed by atoms with Crippen LogP contribution in [0.5, 0.6) is 5.75 Å². The summed E-state index contributed by atoms with van der Waals surface area (Å²) in [6.07, 6.45) is 0.214. The van der Waals surface area contributed by atoms with E-state index in [0.29, 0.717) is 18.6 Å². The van der Waals surface area contributed by atoms with Gasteiger partial charge in [-0.3, -0.25) is 4.79 Å². The maximum absolute atomic E-state index is 11.6.